The molecule has 1 aromatic carbocycles. The van der Waals surface area contributed by atoms with Crippen molar-refractivity contribution < 1.29 is 23.9 Å². The van der Waals surface area contributed by atoms with Crippen LogP contribution in [0.5, 0.6) is 0 Å². The number of nitrogens with one attached hydrogen (secondary N) is 1. The number of amides is 2. The zero-order valence-electron chi connectivity index (χ0n) is 11.3. The van der Waals surface area contributed by atoms with Crippen LogP contribution in [0.25, 0.3) is 17.4 Å². The van der Waals surface area contributed by atoms with Crippen molar-refractivity contribution in [3.8, 4) is 11.3 Å². The second kappa shape index (κ2) is 5.94. The minimum absolute atomic E-state index is 0.0307. The summed E-state index contributed by atoms with van der Waals surface area (Å²) in [6.45, 7) is 0. The number of imide groups is 1. The normalized spacial score (nSPS) is 16.0. The standard InChI is InChI=1S/C15H8ClNO5S/c16-10-3-1-7(5-9(10)14(19)20)11-4-2-8(22-11)6-12-13(18)17-15(21)23-12/h1-6H,(H,19,20)(H,17,18,21)/b12-6+. The van der Waals surface area contributed by atoms with E-state index >= 15 is 0 Å². The summed E-state index contributed by atoms with van der Waals surface area (Å²) in [6, 6.07) is 7.76. The first kappa shape index (κ1) is 15.4. The number of hydrogen-bond donors (Lipinski definition) is 2. The Labute approximate surface area is 139 Å². The first-order valence-corrected chi connectivity index (χ1v) is 7.51. The van der Waals surface area contributed by atoms with E-state index in [0.29, 0.717) is 17.1 Å². The van der Waals surface area contributed by atoms with Gasteiger partial charge in [0.25, 0.3) is 11.1 Å². The largest absolute Gasteiger partial charge is 0.478 e. The molecule has 1 aromatic heterocycles. The Morgan fingerprint density at radius 3 is 2.70 bits per heavy atom. The second-order valence-electron chi connectivity index (χ2n) is 4.55. The number of carboxylic acids is 1. The summed E-state index contributed by atoms with van der Waals surface area (Å²) in [5.41, 5.74) is 0.507. The monoisotopic (exact) mass is 349 g/mol. The average Bonchev–Trinajstić information content (AvgIpc) is 3.06. The lowest BCUT2D eigenvalue weighted by Gasteiger charge is -2.02. The molecule has 0 aliphatic carbocycles. The van der Waals surface area contributed by atoms with Crippen molar-refractivity contribution in [3.63, 3.8) is 0 Å². The summed E-state index contributed by atoms with van der Waals surface area (Å²) in [6.07, 6.45) is 1.45. The molecule has 0 saturated carbocycles. The molecule has 0 unspecified atom stereocenters. The first-order chi connectivity index (χ1) is 10.9. The fourth-order valence-corrected chi connectivity index (χ4v) is 2.84. The molecule has 0 radical (unpaired) electrons. The number of thioether (sulfide) groups is 1. The van der Waals surface area contributed by atoms with Crippen LogP contribution in [-0.2, 0) is 4.79 Å². The van der Waals surface area contributed by atoms with Gasteiger partial charge in [-0.3, -0.25) is 14.9 Å². The summed E-state index contributed by atoms with van der Waals surface area (Å²) in [5, 5.41) is 10.9. The third kappa shape index (κ3) is 3.15. The molecule has 1 saturated heterocycles. The highest BCUT2D eigenvalue weighted by Crippen LogP contribution is 2.30. The molecule has 3 rings (SSSR count). The van der Waals surface area contributed by atoms with Crippen molar-refractivity contribution in [1.82, 2.24) is 5.32 Å². The van der Waals surface area contributed by atoms with Gasteiger partial charge >= 0.3 is 5.97 Å². The van der Waals surface area contributed by atoms with Gasteiger partial charge in [-0.2, -0.15) is 0 Å². The average molecular weight is 350 g/mol. The highest BCUT2D eigenvalue weighted by Gasteiger charge is 2.25. The topological polar surface area (TPSA) is 96.6 Å². The molecule has 116 valence electrons. The molecule has 0 bridgehead atoms. The lowest BCUT2D eigenvalue weighted by atomic mass is 10.1. The molecule has 2 amide bonds. The fourth-order valence-electron chi connectivity index (χ4n) is 1.98. The van der Waals surface area contributed by atoms with Crippen LogP contribution in [0.15, 0.2) is 39.7 Å². The molecule has 2 N–H and O–H groups in total. The molecule has 1 aliphatic rings. The van der Waals surface area contributed by atoms with Crippen LogP contribution in [0.2, 0.25) is 5.02 Å². The van der Waals surface area contributed by atoms with Gasteiger partial charge in [-0.15, -0.1) is 0 Å². The van der Waals surface area contributed by atoms with E-state index in [2.05, 4.69) is 5.32 Å². The Morgan fingerprint density at radius 1 is 1.26 bits per heavy atom. The van der Waals surface area contributed by atoms with Crippen molar-refractivity contribution >= 4 is 46.6 Å². The minimum atomic E-state index is -1.14. The van der Waals surface area contributed by atoms with Crippen molar-refractivity contribution in [1.29, 1.82) is 0 Å². The molecule has 0 spiro atoms. The number of carbonyl (C=O) groups is 3. The molecule has 23 heavy (non-hydrogen) atoms. The third-order valence-electron chi connectivity index (χ3n) is 3.02. The summed E-state index contributed by atoms with van der Waals surface area (Å²) >= 11 is 6.62. The molecule has 6 nitrogen and oxygen atoms in total. The maximum absolute atomic E-state index is 11.5. The van der Waals surface area contributed by atoms with E-state index in [1.165, 1.54) is 18.2 Å². The fraction of sp³-hybridized carbons (Fsp3) is 0. The number of furan rings is 1. The van der Waals surface area contributed by atoms with E-state index in [9.17, 15) is 14.4 Å². The number of hydrogen-bond acceptors (Lipinski definition) is 5. The zero-order chi connectivity index (χ0) is 16.6. The van der Waals surface area contributed by atoms with Crippen molar-refractivity contribution in [2.45, 2.75) is 0 Å². The number of benzene rings is 1. The van der Waals surface area contributed by atoms with E-state index in [1.54, 1.807) is 18.2 Å². The van der Waals surface area contributed by atoms with Crippen molar-refractivity contribution in [2.75, 3.05) is 0 Å². The van der Waals surface area contributed by atoms with Crippen LogP contribution >= 0.6 is 23.4 Å². The maximum atomic E-state index is 11.5. The minimum Gasteiger partial charge on any atom is -0.478 e. The van der Waals surface area contributed by atoms with Gasteiger partial charge < -0.3 is 9.52 Å². The Bertz CT molecular complexity index is 871. The summed E-state index contributed by atoms with van der Waals surface area (Å²) in [5.74, 6) is -0.814. The highest BCUT2D eigenvalue weighted by atomic mass is 35.5. The van der Waals surface area contributed by atoms with Gasteiger partial charge in [0.15, 0.2) is 0 Å². The summed E-state index contributed by atoms with van der Waals surface area (Å²) in [4.78, 5) is 33.9. The van der Waals surface area contributed by atoms with Gasteiger partial charge in [0.05, 0.1) is 15.5 Å². The van der Waals surface area contributed by atoms with Gasteiger partial charge in [-0.25, -0.2) is 4.79 Å². The van der Waals surface area contributed by atoms with E-state index < -0.39 is 17.1 Å². The molecule has 2 aromatic rings. The predicted octanol–water partition coefficient (Wildman–Crippen LogP) is 3.62. The van der Waals surface area contributed by atoms with E-state index in [1.807, 2.05) is 0 Å². The van der Waals surface area contributed by atoms with E-state index in [0.717, 1.165) is 11.8 Å². The zero-order valence-corrected chi connectivity index (χ0v) is 12.9. The molecule has 2 heterocycles. The Kier molecular flexibility index (Phi) is 3.97. The molecular formula is C15H8ClNO5S. The molecule has 1 fully saturated rings. The quantitative estimate of drug-likeness (QED) is 0.821. The molecule has 8 heteroatoms. The highest BCUT2D eigenvalue weighted by molar-refractivity contribution is 8.18. The first-order valence-electron chi connectivity index (χ1n) is 6.32. The summed E-state index contributed by atoms with van der Waals surface area (Å²) < 4.78 is 5.57. The molecular weight excluding hydrogens is 342 g/mol. The Morgan fingerprint density at radius 2 is 2.04 bits per heavy atom. The predicted molar refractivity (Wildman–Crippen MR) is 85.2 cm³/mol. The van der Waals surface area contributed by atoms with Gasteiger partial charge in [-0.05, 0) is 42.1 Å². The summed E-state index contributed by atoms with van der Waals surface area (Å²) in [7, 11) is 0. The molecule has 1 aliphatic heterocycles. The number of carboxylic acid groups (broad SMARTS) is 1. The van der Waals surface area contributed by atoms with Crippen molar-refractivity contribution in [2.24, 2.45) is 0 Å². The Hall–Kier alpha value is -2.51. The Balaban J connectivity index is 1.92. The number of aromatic carboxylic acids is 1. The second-order valence-corrected chi connectivity index (χ2v) is 5.98. The van der Waals surface area contributed by atoms with Gasteiger partial charge in [-0.1, -0.05) is 11.6 Å². The van der Waals surface area contributed by atoms with Crippen LogP contribution in [0.4, 0.5) is 4.79 Å². The SMILES string of the molecule is O=C1NC(=O)/C(=C\c2ccc(-c3ccc(Cl)c(C(=O)O)c3)o2)S1. The van der Waals surface area contributed by atoms with Crippen LogP contribution in [0, 0.1) is 0 Å². The van der Waals surface area contributed by atoms with Gasteiger partial charge in [0, 0.05) is 11.6 Å². The number of rotatable bonds is 3. The van der Waals surface area contributed by atoms with Crippen LogP contribution < -0.4 is 5.32 Å². The maximum Gasteiger partial charge on any atom is 0.337 e. The molecule has 0 atom stereocenters. The van der Waals surface area contributed by atoms with Crippen molar-refractivity contribution in [3.05, 3.63) is 51.6 Å². The van der Waals surface area contributed by atoms with Crippen LogP contribution in [0.1, 0.15) is 16.1 Å². The third-order valence-corrected chi connectivity index (χ3v) is 4.16. The van der Waals surface area contributed by atoms with Gasteiger partial charge in [0.1, 0.15) is 11.5 Å². The van der Waals surface area contributed by atoms with Crippen LogP contribution in [0.3, 0.4) is 0 Å². The van der Waals surface area contributed by atoms with E-state index in [4.69, 9.17) is 21.1 Å². The lowest BCUT2D eigenvalue weighted by Crippen LogP contribution is -2.17. The van der Waals surface area contributed by atoms with Gasteiger partial charge in [0.2, 0.25) is 0 Å². The lowest BCUT2D eigenvalue weighted by molar-refractivity contribution is -0.115. The smallest absolute Gasteiger partial charge is 0.337 e. The van der Waals surface area contributed by atoms with Crippen LogP contribution in [-0.4, -0.2) is 22.2 Å². The number of carbonyl (C=O) groups excluding carboxylic acids is 2. The van der Waals surface area contributed by atoms with E-state index in [-0.39, 0.29) is 15.5 Å². The number of halogens is 1.